The molecule has 0 aliphatic carbocycles. The first-order valence-corrected chi connectivity index (χ1v) is 8.34. The number of hydrogen-bond donors (Lipinski definition) is 0. The standard InChI is InChI=1S/C17H24N4O2/c1-4-15-18-21(17(23)14-6-5-7-20(14)15)11-16(22)19-9-12(2)8-13(3)10-19/h5-7,12-13H,4,8-11H2,1-3H3/t12-,13+. The maximum atomic E-state index is 12.6. The van der Waals surface area contributed by atoms with E-state index >= 15 is 0 Å². The second-order valence-corrected chi connectivity index (χ2v) is 6.74. The molecule has 2 atom stereocenters. The van der Waals surface area contributed by atoms with Crippen LogP contribution in [-0.2, 0) is 17.8 Å². The maximum absolute atomic E-state index is 12.6. The molecule has 2 aromatic rings. The number of amides is 1. The summed E-state index contributed by atoms with van der Waals surface area (Å²) in [5, 5.41) is 4.38. The number of carbonyl (C=O) groups excluding carboxylic acids is 1. The van der Waals surface area contributed by atoms with Crippen LogP contribution in [0, 0.1) is 11.8 Å². The molecule has 1 aliphatic heterocycles. The van der Waals surface area contributed by atoms with Crippen molar-refractivity contribution in [3.05, 3.63) is 34.5 Å². The van der Waals surface area contributed by atoms with Crippen molar-refractivity contribution in [1.29, 1.82) is 0 Å². The molecule has 0 aromatic carbocycles. The van der Waals surface area contributed by atoms with Crippen LogP contribution < -0.4 is 5.56 Å². The largest absolute Gasteiger partial charge is 0.341 e. The van der Waals surface area contributed by atoms with E-state index in [0.29, 0.717) is 23.8 Å². The van der Waals surface area contributed by atoms with E-state index in [9.17, 15) is 9.59 Å². The van der Waals surface area contributed by atoms with E-state index in [2.05, 4.69) is 18.9 Å². The van der Waals surface area contributed by atoms with E-state index in [1.165, 1.54) is 4.68 Å². The summed E-state index contributed by atoms with van der Waals surface area (Å²) in [5.74, 6) is 1.78. The summed E-state index contributed by atoms with van der Waals surface area (Å²) in [6.07, 6.45) is 3.69. The third kappa shape index (κ3) is 3.02. The molecule has 1 amide bonds. The minimum atomic E-state index is -0.210. The lowest BCUT2D eigenvalue weighted by Crippen LogP contribution is -2.45. The van der Waals surface area contributed by atoms with Gasteiger partial charge in [-0.2, -0.15) is 5.10 Å². The number of piperidine rings is 1. The van der Waals surface area contributed by atoms with Gasteiger partial charge in [-0.3, -0.25) is 14.0 Å². The minimum absolute atomic E-state index is 0.0176. The molecule has 6 nitrogen and oxygen atoms in total. The van der Waals surface area contributed by atoms with Crippen molar-refractivity contribution in [3.63, 3.8) is 0 Å². The summed E-state index contributed by atoms with van der Waals surface area (Å²) < 4.78 is 3.12. The van der Waals surface area contributed by atoms with Gasteiger partial charge < -0.3 is 4.90 Å². The fraction of sp³-hybridized carbons (Fsp3) is 0.588. The first-order chi connectivity index (χ1) is 11.0. The van der Waals surface area contributed by atoms with Gasteiger partial charge in [0.15, 0.2) is 0 Å². The van der Waals surface area contributed by atoms with E-state index in [1.54, 1.807) is 10.5 Å². The summed E-state index contributed by atoms with van der Waals surface area (Å²) in [4.78, 5) is 27.0. The summed E-state index contributed by atoms with van der Waals surface area (Å²) in [6.45, 7) is 7.89. The van der Waals surface area contributed by atoms with Crippen LogP contribution in [0.3, 0.4) is 0 Å². The molecule has 1 fully saturated rings. The highest BCUT2D eigenvalue weighted by Gasteiger charge is 2.26. The number of rotatable bonds is 3. The average Bonchev–Trinajstić information content (AvgIpc) is 2.99. The number of fused-ring (bicyclic) bond motifs is 1. The molecule has 1 saturated heterocycles. The summed E-state index contributed by atoms with van der Waals surface area (Å²) >= 11 is 0. The Kier molecular flexibility index (Phi) is 4.24. The molecule has 3 rings (SSSR count). The van der Waals surface area contributed by atoms with Crippen LogP contribution in [0.25, 0.3) is 5.52 Å². The third-order valence-corrected chi connectivity index (χ3v) is 4.54. The number of hydrogen-bond acceptors (Lipinski definition) is 3. The monoisotopic (exact) mass is 316 g/mol. The van der Waals surface area contributed by atoms with Crippen LogP contribution in [0.2, 0.25) is 0 Å². The highest BCUT2D eigenvalue weighted by atomic mass is 16.2. The van der Waals surface area contributed by atoms with Crippen molar-refractivity contribution in [2.45, 2.75) is 40.2 Å². The van der Waals surface area contributed by atoms with Crippen molar-refractivity contribution >= 4 is 11.4 Å². The molecule has 0 radical (unpaired) electrons. The average molecular weight is 316 g/mol. The first kappa shape index (κ1) is 15.8. The van der Waals surface area contributed by atoms with Crippen LogP contribution in [0.15, 0.2) is 23.1 Å². The Labute approximate surface area is 135 Å². The maximum Gasteiger partial charge on any atom is 0.291 e. The van der Waals surface area contributed by atoms with Crippen LogP contribution in [0.4, 0.5) is 0 Å². The second kappa shape index (κ2) is 6.18. The number of aromatic nitrogens is 3. The predicted molar refractivity (Wildman–Crippen MR) is 88.4 cm³/mol. The van der Waals surface area contributed by atoms with Gasteiger partial charge >= 0.3 is 0 Å². The van der Waals surface area contributed by atoms with Gasteiger partial charge in [0.25, 0.3) is 5.56 Å². The van der Waals surface area contributed by atoms with Gasteiger partial charge in [-0.1, -0.05) is 20.8 Å². The highest BCUT2D eigenvalue weighted by molar-refractivity contribution is 5.76. The number of nitrogens with zero attached hydrogens (tertiary/aromatic N) is 4. The second-order valence-electron chi connectivity index (χ2n) is 6.74. The topological polar surface area (TPSA) is 59.6 Å². The number of aryl methyl sites for hydroxylation is 1. The molecule has 0 unspecified atom stereocenters. The van der Waals surface area contributed by atoms with E-state index < -0.39 is 0 Å². The zero-order chi connectivity index (χ0) is 16.6. The summed E-state index contributed by atoms with van der Waals surface area (Å²) in [5.41, 5.74) is 0.365. The fourth-order valence-corrected chi connectivity index (χ4v) is 3.59. The summed E-state index contributed by atoms with van der Waals surface area (Å²) in [7, 11) is 0. The molecular formula is C17H24N4O2. The zero-order valence-corrected chi connectivity index (χ0v) is 14.0. The smallest absolute Gasteiger partial charge is 0.291 e. The molecule has 0 spiro atoms. The van der Waals surface area contributed by atoms with E-state index in [1.807, 2.05) is 24.1 Å². The van der Waals surface area contributed by atoms with Gasteiger partial charge in [-0.15, -0.1) is 0 Å². The highest BCUT2D eigenvalue weighted by Crippen LogP contribution is 2.21. The lowest BCUT2D eigenvalue weighted by atomic mass is 9.92. The molecule has 0 bridgehead atoms. The molecule has 1 aliphatic rings. The van der Waals surface area contributed by atoms with Gasteiger partial charge in [0.2, 0.25) is 5.91 Å². The van der Waals surface area contributed by atoms with Gasteiger partial charge in [-0.25, -0.2) is 4.68 Å². The molecule has 2 aromatic heterocycles. The van der Waals surface area contributed by atoms with Crippen molar-refractivity contribution in [2.75, 3.05) is 13.1 Å². The quantitative estimate of drug-likeness (QED) is 0.863. The molecule has 124 valence electrons. The van der Waals surface area contributed by atoms with Crippen molar-refractivity contribution in [1.82, 2.24) is 19.1 Å². The van der Waals surface area contributed by atoms with Gasteiger partial charge in [0, 0.05) is 25.7 Å². The zero-order valence-electron chi connectivity index (χ0n) is 14.0. The van der Waals surface area contributed by atoms with Gasteiger partial charge in [0.1, 0.15) is 17.9 Å². The molecule has 3 heterocycles. The normalized spacial score (nSPS) is 21.8. The van der Waals surface area contributed by atoms with Gasteiger partial charge in [0.05, 0.1) is 0 Å². The fourth-order valence-electron chi connectivity index (χ4n) is 3.59. The molecule has 0 N–H and O–H groups in total. The minimum Gasteiger partial charge on any atom is -0.341 e. The number of likely N-dealkylation sites (tertiary alicyclic amines) is 1. The van der Waals surface area contributed by atoms with Gasteiger partial charge in [-0.05, 0) is 30.4 Å². The Morgan fingerprint density at radius 3 is 2.65 bits per heavy atom. The third-order valence-electron chi connectivity index (χ3n) is 4.54. The molecule has 23 heavy (non-hydrogen) atoms. The van der Waals surface area contributed by atoms with Crippen molar-refractivity contribution in [3.8, 4) is 0 Å². The van der Waals surface area contributed by atoms with E-state index in [0.717, 1.165) is 25.3 Å². The summed E-state index contributed by atoms with van der Waals surface area (Å²) in [6, 6.07) is 3.60. The predicted octanol–water partition coefficient (Wildman–Crippen LogP) is 1.56. The molecular weight excluding hydrogens is 292 g/mol. The lowest BCUT2D eigenvalue weighted by molar-refractivity contribution is -0.134. The SMILES string of the molecule is CCc1nn(CC(=O)N2C[C@H](C)C[C@H](C)C2)c(=O)c2cccn12. The Morgan fingerprint density at radius 2 is 2.00 bits per heavy atom. The molecule has 0 saturated carbocycles. The van der Waals surface area contributed by atoms with E-state index in [-0.39, 0.29) is 18.0 Å². The lowest BCUT2D eigenvalue weighted by Gasteiger charge is -2.35. The number of carbonyl (C=O) groups is 1. The molecule has 6 heteroatoms. The Bertz CT molecular complexity index is 766. The van der Waals surface area contributed by atoms with Crippen molar-refractivity contribution in [2.24, 2.45) is 11.8 Å². The van der Waals surface area contributed by atoms with Crippen LogP contribution in [0.5, 0.6) is 0 Å². The van der Waals surface area contributed by atoms with Crippen molar-refractivity contribution < 1.29 is 4.79 Å². The Hall–Kier alpha value is -2.11. The Balaban J connectivity index is 1.87. The Morgan fingerprint density at radius 1 is 1.30 bits per heavy atom. The first-order valence-electron chi connectivity index (χ1n) is 8.34. The van der Waals surface area contributed by atoms with E-state index in [4.69, 9.17) is 0 Å². The van der Waals surface area contributed by atoms with Crippen LogP contribution >= 0.6 is 0 Å². The van der Waals surface area contributed by atoms with Crippen LogP contribution in [0.1, 0.15) is 33.0 Å². The van der Waals surface area contributed by atoms with Crippen LogP contribution in [-0.4, -0.2) is 38.1 Å².